The number of ether oxygens (including phenoxy) is 1. The molecule has 0 aromatic heterocycles. The average Bonchev–Trinajstić information content (AvgIpc) is 2.93. The van der Waals surface area contributed by atoms with Gasteiger partial charge in [0, 0.05) is 13.1 Å². The third kappa shape index (κ3) is 7.38. The predicted octanol–water partition coefficient (Wildman–Crippen LogP) is 4.45. The van der Waals surface area contributed by atoms with Crippen molar-refractivity contribution in [1.82, 2.24) is 10.2 Å². The molecule has 39 heavy (non-hydrogen) atoms. The van der Waals surface area contributed by atoms with Crippen LogP contribution in [0.1, 0.15) is 37.0 Å². The second-order valence-electron chi connectivity index (χ2n) is 9.45. The van der Waals surface area contributed by atoms with Gasteiger partial charge in [-0.25, -0.2) is 8.42 Å². The molecule has 2 amide bonds. The lowest BCUT2D eigenvalue weighted by Gasteiger charge is -2.32. The van der Waals surface area contributed by atoms with Gasteiger partial charge < -0.3 is 15.0 Å². The Morgan fingerprint density at radius 2 is 1.59 bits per heavy atom. The fraction of sp³-hybridized carbons (Fsp3) is 0.333. The monoisotopic (exact) mass is 551 g/mol. The van der Waals surface area contributed by atoms with Crippen LogP contribution in [0.2, 0.25) is 0 Å². The summed E-state index contributed by atoms with van der Waals surface area (Å²) in [5, 5.41) is 2.84. The number of rotatable bonds is 12. The van der Waals surface area contributed by atoms with Crippen LogP contribution in [-0.2, 0) is 26.2 Å². The maximum Gasteiger partial charge on any atom is 0.264 e. The Hall–Kier alpha value is -3.85. The number of carbonyl (C=O) groups is 2. The van der Waals surface area contributed by atoms with Gasteiger partial charge in [-0.3, -0.25) is 13.9 Å². The Balaban J connectivity index is 2.02. The molecule has 0 saturated heterocycles. The third-order valence-electron chi connectivity index (χ3n) is 6.50. The van der Waals surface area contributed by atoms with E-state index in [1.54, 1.807) is 63.4 Å². The number of sulfonamides is 1. The number of methoxy groups -OCH3 is 1. The maximum absolute atomic E-state index is 13.9. The molecule has 8 nitrogen and oxygen atoms in total. The molecule has 0 aliphatic rings. The van der Waals surface area contributed by atoms with Crippen LogP contribution in [0.4, 0.5) is 5.69 Å². The van der Waals surface area contributed by atoms with Gasteiger partial charge in [-0.15, -0.1) is 0 Å². The molecule has 0 aliphatic heterocycles. The highest BCUT2D eigenvalue weighted by Gasteiger charge is 2.33. The summed E-state index contributed by atoms with van der Waals surface area (Å²) < 4.78 is 34.1. The number of nitrogens with zero attached hydrogens (tertiary/aromatic N) is 2. The molecule has 3 aromatic carbocycles. The molecule has 1 unspecified atom stereocenters. The van der Waals surface area contributed by atoms with Gasteiger partial charge in [0.1, 0.15) is 18.3 Å². The number of anilines is 1. The first-order chi connectivity index (χ1) is 18.6. The molecule has 9 heteroatoms. The van der Waals surface area contributed by atoms with Crippen molar-refractivity contribution in [1.29, 1.82) is 0 Å². The topological polar surface area (TPSA) is 96.0 Å². The molecule has 0 bridgehead atoms. The summed E-state index contributed by atoms with van der Waals surface area (Å²) in [5.41, 5.74) is 2.81. The van der Waals surface area contributed by atoms with Crippen molar-refractivity contribution in [2.75, 3.05) is 24.5 Å². The molecule has 0 heterocycles. The summed E-state index contributed by atoms with van der Waals surface area (Å²) in [6.45, 7) is 7.40. The van der Waals surface area contributed by atoms with Crippen molar-refractivity contribution < 1.29 is 22.7 Å². The second-order valence-corrected chi connectivity index (χ2v) is 11.3. The molecular weight excluding hydrogens is 514 g/mol. The Morgan fingerprint density at radius 3 is 2.18 bits per heavy atom. The fourth-order valence-electron chi connectivity index (χ4n) is 4.10. The number of benzene rings is 3. The fourth-order valence-corrected chi connectivity index (χ4v) is 5.58. The smallest absolute Gasteiger partial charge is 0.264 e. The second kappa shape index (κ2) is 13.3. The van der Waals surface area contributed by atoms with E-state index < -0.39 is 28.5 Å². The molecule has 1 atom stereocenters. The van der Waals surface area contributed by atoms with E-state index in [0.29, 0.717) is 23.5 Å². The molecule has 0 spiro atoms. The van der Waals surface area contributed by atoms with Crippen molar-refractivity contribution in [3.05, 3.63) is 89.5 Å². The highest BCUT2D eigenvalue weighted by molar-refractivity contribution is 7.92. The quantitative estimate of drug-likeness (QED) is 0.359. The molecule has 1 N–H and O–H groups in total. The van der Waals surface area contributed by atoms with Crippen LogP contribution in [-0.4, -0.2) is 51.4 Å². The lowest BCUT2D eigenvalue weighted by molar-refractivity contribution is -0.139. The van der Waals surface area contributed by atoms with E-state index in [-0.39, 0.29) is 17.3 Å². The van der Waals surface area contributed by atoms with Crippen LogP contribution in [0.15, 0.2) is 77.7 Å². The summed E-state index contributed by atoms with van der Waals surface area (Å²) in [4.78, 5) is 28.4. The first-order valence-electron chi connectivity index (χ1n) is 12.9. The Morgan fingerprint density at radius 1 is 0.949 bits per heavy atom. The normalized spacial score (nSPS) is 11.9. The number of nitrogens with one attached hydrogen (secondary N) is 1. The predicted molar refractivity (Wildman–Crippen MR) is 153 cm³/mol. The summed E-state index contributed by atoms with van der Waals surface area (Å²) in [7, 11) is -2.53. The van der Waals surface area contributed by atoms with E-state index in [2.05, 4.69) is 5.32 Å². The van der Waals surface area contributed by atoms with Gasteiger partial charge in [-0.2, -0.15) is 0 Å². The lowest BCUT2D eigenvalue weighted by Crippen LogP contribution is -2.51. The van der Waals surface area contributed by atoms with Gasteiger partial charge in [0.15, 0.2) is 0 Å². The standard InChI is InChI=1S/C30H37N3O5S/c1-6-19-31-30(35)24(4)32(20-25-13-15-26(38-5)16-14-25)29(34)21-33(28-10-8-7-9-23(28)3)39(36,37)27-17-11-22(2)12-18-27/h7-18,24H,6,19-21H2,1-5H3,(H,31,35). The molecule has 3 rings (SSSR count). The van der Waals surface area contributed by atoms with Gasteiger partial charge in [-0.05, 0) is 68.7 Å². The zero-order valence-electron chi connectivity index (χ0n) is 23.2. The number of para-hydroxylation sites is 1. The van der Waals surface area contributed by atoms with Crippen LogP contribution >= 0.6 is 0 Å². The molecule has 3 aromatic rings. The van der Waals surface area contributed by atoms with E-state index in [0.717, 1.165) is 21.9 Å². The minimum absolute atomic E-state index is 0.0830. The largest absolute Gasteiger partial charge is 0.497 e. The molecule has 0 fully saturated rings. The van der Waals surface area contributed by atoms with Crippen LogP contribution in [0, 0.1) is 13.8 Å². The molecule has 208 valence electrons. The first kappa shape index (κ1) is 29.7. The van der Waals surface area contributed by atoms with Gasteiger partial charge >= 0.3 is 0 Å². The maximum atomic E-state index is 13.9. The highest BCUT2D eigenvalue weighted by Crippen LogP contribution is 2.27. The zero-order valence-corrected chi connectivity index (χ0v) is 24.0. The first-order valence-corrected chi connectivity index (χ1v) is 14.4. The summed E-state index contributed by atoms with van der Waals surface area (Å²) >= 11 is 0. The minimum Gasteiger partial charge on any atom is -0.497 e. The molecule has 0 radical (unpaired) electrons. The number of aryl methyl sites for hydroxylation is 2. The zero-order chi connectivity index (χ0) is 28.6. The number of amides is 2. The SMILES string of the molecule is CCCNC(=O)C(C)N(Cc1ccc(OC)cc1)C(=O)CN(c1ccccc1C)S(=O)(=O)c1ccc(C)cc1. The van der Waals surface area contributed by atoms with Crippen molar-refractivity contribution in [2.24, 2.45) is 0 Å². The van der Waals surface area contributed by atoms with Gasteiger partial charge in [0.2, 0.25) is 11.8 Å². The molecular formula is C30H37N3O5S. The van der Waals surface area contributed by atoms with Crippen molar-refractivity contribution in [2.45, 2.75) is 51.6 Å². The van der Waals surface area contributed by atoms with E-state index >= 15 is 0 Å². The number of hydrogen-bond donors (Lipinski definition) is 1. The van der Waals surface area contributed by atoms with Crippen molar-refractivity contribution in [3.8, 4) is 5.75 Å². The van der Waals surface area contributed by atoms with E-state index in [4.69, 9.17) is 4.74 Å². The summed E-state index contributed by atoms with van der Waals surface area (Å²) in [5.74, 6) is -0.133. The van der Waals surface area contributed by atoms with E-state index in [9.17, 15) is 18.0 Å². The van der Waals surface area contributed by atoms with Crippen molar-refractivity contribution in [3.63, 3.8) is 0 Å². The highest BCUT2D eigenvalue weighted by atomic mass is 32.2. The average molecular weight is 552 g/mol. The van der Waals surface area contributed by atoms with Crippen LogP contribution in [0.3, 0.4) is 0 Å². The van der Waals surface area contributed by atoms with Crippen LogP contribution in [0.25, 0.3) is 0 Å². The minimum atomic E-state index is -4.10. The Labute approximate surface area is 231 Å². The van der Waals surface area contributed by atoms with Crippen LogP contribution < -0.4 is 14.4 Å². The van der Waals surface area contributed by atoms with Gasteiger partial charge in [0.05, 0.1) is 17.7 Å². The molecule has 0 saturated carbocycles. The van der Waals surface area contributed by atoms with E-state index in [1.165, 1.54) is 17.0 Å². The summed E-state index contributed by atoms with van der Waals surface area (Å²) in [6.07, 6.45) is 0.751. The van der Waals surface area contributed by atoms with Gasteiger partial charge in [0.25, 0.3) is 10.0 Å². The molecule has 0 aliphatic carbocycles. The van der Waals surface area contributed by atoms with Crippen molar-refractivity contribution >= 4 is 27.5 Å². The van der Waals surface area contributed by atoms with Gasteiger partial charge in [-0.1, -0.05) is 55.0 Å². The number of hydrogen-bond acceptors (Lipinski definition) is 5. The lowest BCUT2D eigenvalue weighted by atomic mass is 10.1. The van der Waals surface area contributed by atoms with E-state index in [1.807, 2.05) is 32.0 Å². The summed E-state index contributed by atoms with van der Waals surface area (Å²) in [6, 6.07) is 19.9. The Kier molecular flexibility index (Phi) is 10.1. The Bertz CT molecular complexity index is 1370. The number of carbonyl (C=O) groups excluding carboxylic acids is 2. The third-order valence-corrected chi connectivity index (χ3v) is 8.27. The van der Waals surface area contributed by atoms with Crippen LogP contribution in [0.5, 0.6) is 5.75 Å².